The highest BCUT2D eigenvalue weighted by atomic mass is 79.9. The van der Waals surface area contributed by atoms with Gasteiger partial charge in [0, 0.05) is 18.4 Å². The Labute approximate surface area is 130 Å². The van der Waals surface area contributed by atoms with E-state index >= 15 is 0 Å². The molecule has 0 N–H and O–H groups in total. The molecule has 0 bridgehead atoms. The van der Waals surface area contributed by atoms with Crippen LogP contribution in [-0.2, 0) is 4.74 Å². The third kappa shape index (κ3) is 3.65. The first-order valence-corrected chi connectivity index (χ1v) is 6.91. The molecule has 0 aliphatic carbocycles. The smallest absolute Gasteiger partial charge is 0.215 e. The first-order chi connectivity index (χ1) is 10.0. The number of carbonyl (C=O) groups excluding carboxylic acids is 1. The molecule has 0 amide bonds. The summed E-state index contributed by atoms with van der Waals surface area (Å²) in [5, 5.41) is 0. The quantitative estimate of drug-likeness (QED) is 0.609. The maximum absolute atomic E-state index is 13.3. The van der Waals surface area contributed by atoms with Crippen molar-refractivity contribution in [1.82, 2.24) is 4.98 Å². The van der Waals surface area contributed by atoms with Gasteiger partial charge >= 0.3 is 0 Å². The molecular formula is C15H13BrFNO3. The molecule has 4 nitrogen and oxygen atoms in total. The van der Waals surface area contributed by atoms with Crippen molar-refractivity contribution in [3.05, 3.63) is 57.6 Å². The largest absolute Gasteiger partial charge is 0.465 e. The van der Waals surface area contributed by atoms with Gasteiger partial charge in [0.1, 0.15) is 5.82 Å². The van der Waals surface area contributed by atoms with Crippen LogP contribution in [0.4, 0.5) is 4.39 Å². The average molecular weight is 354 g/mol. The van der Waals surface area contributed by atoms with E-state index in [1.165, 1.54) is 25.3 Å². The van der Waals surface area contributed by atoms with Crippen LogP contribution in [0.2, 0.25) is 0 Å². The number of ether oxygens (including phenoxy) is 2. The molecule has 0 spiro atoms. The van der Waals surface area contributed by atoms with Crippen molar-refractivity contribution < 1.29 is 18.7 Å². The van der Waals surface area contributed by atoms with E-state index in [4.69, 9.17) is 9.47 Å². The summed E-state index contributed by atoms with van der Waals surface area (Å²) in [5.74, 6) is -0.446. The van der Waals surface area contributed by atoms with Gasteiger partial charge in [0.2, 0.25) is 5.78 Å². The number of hydrogen-bond acceptors (Lipinski definition) is 4. The zero-order chi connectivity index (χ0) is 15.4. The van der Waals surface area contributed by atoms with Crippen LogP contribution >= 0.6 is 15.9 Å². The fraction of sp³-hybridized carbons (Fsp3) is 0.200. The first-order valence-electron chi connectivity index (χ1n) is 6.12. The summed E-state index contributed by atoms with van der Waals surface area (Å²) in [6, 6.07) is 7.45. The van der Waals surface area contributed by atoms with Gasteiger partial charge < -0.3 is 9.47 Å². The summed E-state index contributed by atoms with van der Waals surface area (Å²) in [6.45, 7) is 1.79. The standard InChI is InChI=1S/C15H13BrFNO3/c1-9-3-6-13(21-8-20-2)14(18-9)15(19)10-4-5-12(17)11(16)7-10/h3-7H,8H2,1-2H3. The van der Waals surface area contributed by atoms with Gasteiger partial charge in [-0.25, -0.2) is 9.37 Å². The Kier molecular flexibility index (Phi) is 5.03. The molecule has 1 heterocycles. The lowest BCUT2D eigenvalue weighted by atomic mass is 10.1. The molecule has 0 aliphatic rings. The lowest BCUT2D eigenvalue weighted by Crippen LogP contribution is -2.10. The van der Waals surface area contributed by atoms with Gasteiger partial charge in [-0.1, -0.05) is 0 Å². The van der Waals surface area contributed by atoms with Gasteiger partial charge in [-0.15, -0.1) is 0 Å². The van der Waals surface area contributed by atoms with E-state index in [1.807, 2.05) is 0 Å². The van der Waals surface area contributed by atoms with E-state index in [0.717, 1.165) is 0 Å². The minimum atomic E-state index is -0.431. The molecule has 1 aromatic carbocycles. The minimum Gasteiger partial charge on any atom is -0.465 e. The predicted octanol–water partition coefficient (Wildman–Crippen LogP) is 3.51. The second kappa shape index (κ2) is 6.78. The molecule has 2 aromatic rings. The van der Waals surface area contributed by atoms with E-state index in [-0.39, 0.29) is 22.7 Å². The summed E-state index contributed by atoms with van der Waals surface area (Å²) in [7, 11) is 1.49. The second-order valence-electron chi connectivity index (χ2n) is 4.31. The van der Waals surface area contributed by atoms with Crippen molar-refractivity contribution in [3.63, 3.8) is 0 Å². The first kappa shape index (κ1) is 15.6. The van der Waals surface area contributed by atoms with Crippen molar-refractivity contribution in [2.24, 2.45) is 0 Å². The van der Waals surface area contributed by atoms with Crippen molar-refractivity contribution in [1.29, 1.82) is 0 Å². The summed E-state index contributed by atoms with van der Waals surface area (Å²) >= 11 is 3.06. The molecule has 0 atom stereocenters. The van der Waals surface area contributed by atoms with Crippen LogP contribution in [0.25, 0.3) is 0 Å². The number of benzene rings is 1. The van der Waals surface area contributed by atoms with Crippen LogP contribution in [0, 0.1) is 12.7 Å². The number of methoxy groups -OCH3 is 1. The number of nitrogens with zero attached hydrogens (tertiary/aromatic N) is 1. The van der Waals surface area contributed by atoms with Gasteiger partial charge in [-0.05, 0) is 53.2 Å². The summed E-state index contributed by atoms with van der Waals surface area (Å²) in [6.07, 6.45) is 0. The van der Waals surface area contributed by atoms with E-state index in [9.17, 15) is 9.18 Å². The molecule has 6 heteroatoms. The Morgan fingerprint density at radius 1 is 1.33 bits per heavy atom. The van der Waals surface area contributed by atoms with Crippen LogP contribution in [0.3, 0.4) is 0 Å². The molecule has 0 saturated carbocycles. The van der Waals surface area contributed by atoms with Crippen LogP contribution in [-0.4, -0.2) is 24.7 Å². The van der Waals surface area contributed by atoms with Crippen molar-refractivity contribution in [3.8, 4) is 5.75 Å². The molecular weight excluding hydrogens is 341 g/mol. The predicted molar refractivity (Wildman–Crippen MR) is 79.0 cm³/mol. The lowest BCUT2D eigenvalue weighted by Gasteiger charge is -2.10. The number of ketones is 1. The number of rotatable bonds is 5. The summed E-state index contributed by atoms with van der Waals surface area (Å²) in [4.78, 5) is 16.7. The summed E-state index contributed by atoms with van der Waals surface area (Å²) < 4.78 is 23.7. The SMILES string of the molecule is COCOc1ccc(C)nc1C(=O)c1ccc(F)c(Br)c1. The molecule has 21 heavy (non-hydrogen) atoms. The minimum absolute atomic E-state index is 0.0120. The van der Waals surface area contributed by atoms with Crippen LogP contribution in [0.5, 0.6) is 5.75 Å². The summed E-state index contributed by atoms with van der Waals surface area (Å²) in [5.41, 5.74) is 1.18. The highest BCUT2D eigenvalue weighted by Gasteiger charge is 2.18. The number of aromatic nitrogens is 1. The van der Waals surface area contributed by atoms with Crippen molar-refractivity contribution in [2.45, 2.75) is 6.92 Å². The molecule has 0 aliphatic heterocycles. The van der Waals surface area contributed by atoms with Gasteiger partial charge in [-0.3, -0.25) is 4.79 Å². The molecule has 1 aromatic heterocycles. The van der Waals surface area contributed by atoms with E-state index < -0.39 is 5.82 Å². The fourth-order valence-corrected chi connectivity index (χ4v) is 2.10. The molecule has 0 saturated heterocycles. The Morgan fingerprint density at radius 2 is 2.10 bits per heavy atom. The van der Waals surface area contributed by atoms with Crippen molar-refractivity contribution in [2.75, 3.05) is 13.9 Å². The highest BCUT2D eigenvalue weighted by molar-refractivity contribution is 9.10. The molecule has 0 radical (unpaired) electrons. The fourth-order valence-electron chi connectivity index (χ4n) is 1.72. The number of halogens is 2. The van der Waals surface area contributed by atoms with E-state index in [1.54, 1.807) is 19.1 Å². The zero-order valence-electron chi connectivity index (χ0n) is 11.5. The van der Waals surface area contributed by atoms with E-state index in [0.29, 0.717) is 17.0 Å². The van der Waals surface area contributed by atoms with Crippen LogP contribution in [0.15, 0.2) is 34.8 Å². The number of pyridine rings is 1. The van der Waals surface area contributed by atoms with Gasteiger partial charge in [-0.2, -0.15) is 0 Å². The molecule has 2 rings (SSSR count). The van der Waals surface area contributed by atoms with Crippen LogP contribution < -0.4 is 4.74 Å². The number of hydrogen-bond donors (Lipinski definition) is 0. The van der Waals surface area contributed by atoms with Crippen molar-refractivity contribution >= 4 is 21.7 Å². The topological polar surface area (TPSA) is 48.4 Å². The Hall–Kier alpha value is -1.79. The number of aryl methyl sites for hydroxylation is 1. The van der Waals surface area contributed by atoms with Gasteiger partial charge in [0.05, 0.1) is 4.47 Å². The maximum atomic E-state index is 13.3. The Bertz CT molecular complexity index is 676. The highest BCUT2D eigenvalue weighted by Crippen LogP contribution is 2.23. The maximum Gasteiger partial charge on any atom is 0.215 e. The monoisotopic (exact) mass is 353 g/mol. The number of carbonyl (C=O) groups is 1. The Morgan fingerprint density at radius 3 is 2.76 bits per heavy atom. The molecule has 0 unspecified atom stereocenters. The lowest BCUT2D eigenvalue weighted by molar-refractivity contribution is 0.0500. The van der Waals surface area contributed by atoms with Gasteiger partial charge in [0.15, 0.2) is 18.2 Å². The van der Waals surface area contributed by atoms with E-state index in [2.05, 4.69) is 20.9 Å². The molecule has 110 valence electrons. The van der Waals surface area contributed by atoms with Crippen LogP contribution in [0.1, 0.15) is 21.7 Å². The normalized spacial score (nSPS) is 10.5. The van der Waals surface area contributed by atoms with Gasteiger partial charge in [0.25, 0.3) is 0 Å². The molecule has 0 fully saturated rings. The second-order valence-corrected chi connectivity index (χ2v) is 5.16. The third-order valence-electron chi connectivity index (χ3n) is 2.73. The zero-order valence-corrected chi connectivity index (χ0v) is 13.1. The third-order valence-corrected chi connectivity index (χ3v) is 3.33. The average Bonchev–Trinajstić information content (AvgIpc) is 2.48. The Balaban J connectivity index is 2.41.